The molecule has 1 nitrogen and oxygen atoms in total. The van der Waals surface area contributed by atoms with Crippen LogP contribution in [0, 0.1) is 0 Å². The Balaban J connectivity index is 4.81. The summed E-state index contributed by atoms with van der Waals surface area (Å²) in [5.74, 6) is 0. The second-order valence-electron chi connectivity index (χ2n) is 21.6. The molecule has 0 rings (SSSR count). The van der Waals surface area contributed by atoms with E-state index in [0.717, 1.165) is 0 Å². The summed E-state index contributed by atoms with van der Waals surface area (Å²) >= 11 is 0. The molecular weight excluding hydrogens is 747 g/mol. The molecule has 0 fully saturated rings. The van der Waals surface area contributed by atoms with Gasteiger partial charge in [-0.2, -0.15) is 0 Å². The van der Waals surface area contributed by atoms with E-state index in [1.807, 2.05) is 0 Å². The Morgan fingerprint density at radius 2 is 0.226 bits per heavy atom. The average molecular weight is 874 g/mol. The molecule has 0 spiro atoms. The molecule has 62 heavy (non-hydrogen) atoms. The van der Waals surface area contributed by atoms with Crippen LogP contribution in [0.5, 0.6) is 0 Å². The average Bonchev–Trinajstić information content (AvgIpc) is 3.28. The molecule has 0 heterocycles. The SMILES string of the molecule is CCCCCCCCCCCCCCCCC[N+](CCCCCCCCCC)(CCCCCCCCCCCCCCCCC)CCCCCCCCCCCCCCCCC. The van der Waals surface area contributed by atoms with E-state index in [9.17, 15) is 0 Å². The summed E-state index contributed by atoms with van der Waals surface area (Å²) in [7, 11) is 0. The molecular formula is C61H126N+. The van der Waals surface area contributed by atoms with Crippen molar-refractivity contribution in [2.24, 2.45) is 0 Å². The van der Waals surface area contributed by atoms with E-state index in [0.29, 0.717) is 0 Å². The number of unbranched alkanes of at least 4 members (excludes halogenated alkanes) is 49. The lowest BCUT2D eigenvalue weighted by Gasteiger charge is -2.40. The standard InChI is InChI=1S/C61H126N/c1-5-9-13-17-21-25-28-31-34-37-40-43-47-51-55-59-62(58-54-50-46-24-20-16-12-8-4,60-56-52-48-44-41-38-35-32-29-26-22-18-14-10-6-2)61-57-53-49-45-42-39-36-33-30-27-23-19-15-11-7-3/h5-61H2,1-4H3/q+1. The Morgan fingerprint density at radius 3 is 0.339 bits per heavy atom. The lowest BCUT2D eigenvalue weighted by atomic mass is 10.0. The van der Waals surface area contributed by atoms with Crippen LogP contribution < -0.4 is 0 Å². The predicted molar refractivity (Wildman–Crippen MR) is 287 cm³/mol. The third kappa shape index (κ3) is 49.4. The second-order valence-corrected chi connectivity index (χ2v) is 21.6. The van der Waals surface area contributed by atoms with Crippen LogP contribution in [0.25, 0.3) is 0 Å². The Hall–Kier alpha value is -0.0400. The summed E-state index contributed by atoms with van der Waals surface area (Å²) in [4.78, 5) is 0. The molecule has 0 aromatic rings. The fourth-order valence-corrected chi connectivity index (χ4v) is 10.7. The molecule has 0 aromatic carbocycles. The van der Waals surface area contributed by atoms with Crippen LogP contribution in [0.2, 0.25) is 0 Å². The van der Waals surface area contributed by atoms with Crippen molar-refractivity contribution in [3.63, 3.8) is 0 Å². The van der Waals surface area contributed by atoms with E-state index in [1.165, 1.54) is 371 Å². The lowest BCUT2D eigenvalue weighted by Crippen LogP contribution is -2.50. The highest BCUT2D eigenvalue weighted by Gasteiger charge is 2.25. The second kappa shape index (κ2) is 55.3. The maximum absolute atomic E-state index is 2.35. The predicted octanol–water partition coefficient (Wildman–Crippen LogP) is 22.6. The fraction of sp³-hybridized carbons (Fsp3) is 1.00. The quantitative estimate of drug-likeness (QED) is 0.0422. The van der Waals surface area contributed by atoms with Crippen molar-refractivity contribution in [2.45, 2.75) is 368 Å². The van der Waals surface area contributed by atoms with Crippen LogP contribution in [0.15, 0.2) is 0 Å². The van der Waals surface area contributed by atoms with Gasteiger partial charge in [-0.05, 0) is 51.4 Å². The van der Waals surface area contributed by atoms with Gasteiger partial charge in [-0.3, -0.25) is 0 Å². The Kier molecular flexibility index (Phi) is 55.3. The van der Waals surface area contributed by atoms with Gasteiger partial charge in [0, 0.05) is 0 Å². The molecule has 0 N–H and O–H groups in total. The Bertz CT molecular complexity index is 675. The maximum atomic E-state index is 2.35. The van der Waals surface area contributed by atoms with Gasteiger partial charge in [-0.1, -0.05) is 317 Å². The first-order chi connectivity index (χ1) is 30.7. The Labute approximate surface area is 397 Å². The minimum Gasteiger partial charge on any atom is -0.324 e. The minimum atomic E-state index is 1.37. The molecule has 0 saturated heterocycles. The molecule has 0 aliphatic heterocycles. The van der Waals surface area contributed by atoms with Crippen LogP contribution in [-0.2, 0) is 0 Å². The number of rotatable bonds is 57. The molecule has 0 aromatic heterocycles. The van der Waals surface area contributed by atoms with Crippen LogP contribution in [0.3, 0.4) is 0 Å². The zero-order valence-corrected chi connectivity index (χ0v) is 44.8. The first-order valence-corrected chi connectivity index (χ1v) is 30.6. The summed E-state index contributed by atoms with van der Waals surface area (Å²) in [5, 5.41) is 0. The highest BCUT2D eigenvalue weighted by Crippen LogP contribution is 2.22. The molecule has 0 bridgehead atoms. The minimum absolute atomic E-state index is 1.37. The number of nitrogens with zero attached hydrogens (tertiary/aromatic N) is 1. The maximum Gasteiger partial charge on any atom is 0.0786 e. The summed E-state index contributed by atoms with van der Waals surface area (Å²) in [6.07, 6.45) is 78.2. The Morgan fingerprint density at radius 1 is 0.129 bits per heavy atom. The van der Waals surface area contributed by atoms with E-state index in [2.05, 4.69) is 27.7 Å². The molecule has 0 unspecified atom stereocenters. The summed E-state index contributed by atoms with van der Waals surface area (Å²) in [5.41, 5.74) is 0. The fourth-order valence-electron chi connectivity index (χ4n) is 10.7. The third-order valence-corrected chi connectivity index (χ3v) is 15.2. The van der Waals surface area contributed by atoms with Crippen LogP contribution in [0.1, 0.15) is 368 Å². The van der Waals surface area contributed by atoms with E-state index in [4.69, 9.17) is 0 Å². The normalized spacial score (nSPS) is 12.0. The van der Waals surface area contributed by atoms with Gasteiger partial charge in [0.05, 0.1) is 26.2 Å². The molecule has 1 heteroatoms. The number of hydrogen-bond donors (Lipinski definition) is 0. The molecule has 0 radical (unpaired) electrons. The highest BCUT2D eigenvalue weighted by atomic mass is 15.3. The van der Waals surface area contributed by atoms with Gasteiger partial charge in [0.15, 0.2) is 0 Å². The van der Waals surface area contributed by atoms with E-state index in [-0.39, 0.29) is 0 Å². The van der Waals surface area contributed by atoms with Crippen molar-refractivity contribution in [2.75, 3.05) is 26.2 Å². The molecule has 0 aliphatic carbocycles. The van der Waals surface area contributed by atoms with Gasteiger partial charge in [-0.15, -0.1) is 0 Å². The van der Waals surface area contributed by atoms with Crippen molar-refractivity contribution < 1.29 is 4.48 Å². The van der Waals surface area contributed by atoms with Gasteiger partial charge < -0.3 is 4.48 Å². The zero-order chi connectivity index (χ0) is 44.8. The van der Waals surface area contributed by atoms with Crippen molar-refractivity contribution in [1.29, 1.82) is 0 Å². The van der Waals surface area contributed by atoms with Crippen molar-refractivity contribution in [1.82, 2.24) is 0 Å². The topological polar surface area (TPSA) is 0 Å². The van der Waals surface area contributed by atoms with Gasteiger partial charge in [-0.25, -0.2) is 0 Å². The van der Waals surface area contributed by atoms with E-state index < -0.39 is 0 Å². The van der Waals surface area contributed by atoms with Gasteiger partial charge in [0.25, 0.3) is 0 Å². The van der Waals surface area contributed by atoms with Crippen molar-refractivity contribution >= 4 is 0 Å². The van der Waals surface area contributed by atoms with Crippen molar-refractivity contribution in [3.8, 4) is 0 Å². The number of quaternary nitrogens is 1. The van der Waals surface area contributed by atoms with Crippen LogP contribution >= 0.6 is 0 Å². The summed E-state index contributed by atoms with van der Waals surface area (Å²) in [6.45, 7) is 15.3. The van der Waals surface area contributed by atoms with Crippen LogP contribution in [-0.4, -0.2) is 30.7 Å². The first-order valence-electron chi connectivity index (χ1n) is 30.6. The monoisotopic (exact) mass is 873 g/mol. The van der Waals surface area contributed by atoms with Crippen LogP contribution in [0.4, 0.5) is 0 Å². The van der Waals surface area contributed by atoms with E-state index >= 15 is 0 Å². The van der Waals surface area contributed by atoms with Gasteiger partial charge in [0.1, 0.15) is 0 Å². The highest BCUT2D eigenvalue weighted by molar-refractivity contribution is 4.57. The zero-order valence-electron chi connectivity index (χ0n) is 44.8. The first kappa shape index (κ1) is 62.0. The molecule has 0 atom stereocenters. The van der Waals surface area contributed by atoms with Gasteiger partial charge >= 0.3 is 0 Å². The number of hydrogen-bond acceptors (Lipinski definition) is 0. The smallest absolute Gasteiger partial charge is 0.0786 e. The molecule has 0 amide bonds. The summed E-state index contributed by atoms with van der Waals surface area (Å²) in [6, 6.07) is 0. The van der Waals surface area contributed by atoms with Gasteiger partial charge in [0.2, 0.25) is 0 Å². The van der Waals surface area contributed by atoms with Crippen molar-refractivity contribution in [3.05, 3.63) is 0 Å². The largest absolute Gasteiger partial charge is 0.324 e. The molecule has 374 valence electrons. The molecule has 0 aliphatic rings. The van der Waals surface area contributed by atoms with E-state index in [1.54, 1.807) is 0 Å². The summed E-state index contributed by atoms with van der Waals surface area (Å²) < 4.78 is 1.49. The third-order valence-electron chi connectivity index (χ3n) is 15.2. The lowest BCUT2D eigenvalue weighted by molar-refractivity contribution is -0.929. The molecule has 0 saturated carbocycles.